The number of benzene rings is 1. The molecule has 0 unspecified atom stereocenters. The Kier molecular flexibility index (Phi) is 6.19. The molecule has 0 aliphatic heterocycles. The minimum Gasteiger partial charge on any atom is -0.493 e. The van der Waals surface area contributed by atoms with Crippen molar-refractivity contribution in [1.82, 2.24) is 0 Å². The Bertz CT molecular complexity index is 402. The Labute approximate surface area is 117 Å². The molecule has 0 aromatic heterocycles. The number of hydrogen-bond acceptors (Lipinski definition) is 3. The largest absolute Gasteiger partial charge is 0.493 e. The van der Waals surface area contributed by atoms with Crippen molar-refractivity contribution in [3.05, 3.63) is 28.2 Å². The van der Waals surface area contributed by atoms with Gasteiger partial charge in [-0.3, -0.25) is 0 Å². The van der Waals surface area contributed by atoms with E-state index < -0.39 is 0 Å². The average molecular weight is 315 g/mol. The molecule has 0 atom stereocenters. The molecule has 0 N–H and O–H groups in total. The van der Waals surface area contributed by atoms with Crippen molar-refractivity contribution in [1.29, 1.82) is 0 Å². The first-order valence-electron chi connectivity index (χ1n) is 6.14. The van der Waals surface area contributed by atoms with Gasteiger partial charge >= 0.3 is 5.97 Å². The number of esters is 1. The van der Waals surface area contributed by atoms with Crippen molar-refractivity contribution in [2.45, 2.75) is 27.2 Å². The number of hydrogen-bond donors (Lipinski definition) is 0. The third-order valence-corrected chi connectivity index (χ3v) is 3.02. The van der Waals surface area contributed by atoms with Crippen LogP contribution in [0, 0.1) is 5.92 Å². The van der Waals surface area contributed by atoms with E-state index in [-0.39, 0.29) is 5.97 Å². The predicted octanol–water partition coefficient (Wildman–Crippen LogP) is 4.05. The van der Waals surface area contributed by atoms with E-state index in [0.29, 0.717) is 24.7 Å². The quantitative estimate of drug-likeness (QED) is 0.743. The van der Waals surface area contributed by atoms with E-state index in [0.717, 1.165) is 16.6 Å². The molecule has 18 heavy (non-hydrogen) atoms. The highest BCUT2D eigenvalue weighted by molar-refractivity contribution is 9.10. The summed E-state index contributed by atoms with van der Waals surface area (Å²) in [5.41, 5.74) is 0.536. The van der Waals surface area contributed by atoms with Gasteiger partial charge in [0.1, 0.15) is 5.75 Å². The summed E-state index contributed by atoms with van der Waals surface area (Å²) in [7, 11) is 0. The van der Waals surface area contributed by atoms with Crippen LogP contribution in [0.3, 0.4) is 0 Å². The maximum absolute atomic E-state index is 11.8. The second kappa shape index (κ2) is 7.41. The Morgan fingerprint density at radius 3 is 2.67 bits per heavy atom. The van der Waals surface area contributed by atoms with E-state index in [2.05, 4.69) is 29.8 Å². The molecule has 1 aromatic rings. The summed E-state index contributed by atoms with van der Waals surface area (Å²) >= 11 is 3.38. The van der Waals surface area contributed by atoms with Gasteiger partial charge in [0, 0.05) is 0 Å². The van der Waals surface area contributed by atoms with Crippen LogP contribution in [0.15, 0.2) is 22.7 Å². The van der Waals surface area contributed by atoms with E-state index in [1.54, 1.807) is 18.2 Å². The lowest BCUT2D eigenvalue weighted by Gasteiger charge is -2.09. The highest BCUT2D eigenvalue weighted by Gasteiger charge is 2.10. The van der Waals surface area contributed by atoms with Crippen molar-refractivity contribution in [3.63, 3.8) is 0 Å². The Morgan fingerprint density at radius 2 is 2.11 bits per heavy atom. The molecule has 3 nitrogen and oxygen atoms in total. The molecular formula is C14H19BrO3. The number of carbonyl (C=O) groups is 1. The zero-order chi connectivity index (χ0) is 13.5. The number of ether oxygens (including phenoxy) is 2. The SMILES string of the molecule is CCOc1ccc(C(=O)OCCC(C)C)cc1Br. The zero-order valence-corrected chi connectivity index (χ0v) is 12.6. The second-order valence-corrected chi connectivity index (χ2v) is 5.25. The lowest BCUT2D eigenvalue weighted by molar-refractivity contribution is 0.0488. The molecule has 0 heterocycles. The molecule has 0 aliphatic rings. The molecule has 0 aliphatic carbocycles. The highest BCUT2D eigenvalue weighted by Crippen LogP contribution is 2.26. The lowest BCUT2D eigenvalue weighted by atomic mass is 10.1. The molecule has 0 saturated heterocycles. The van der Waals surface area contributed by atoms with Crippen LogP contribution in [0.1, 0.15) is 37.6 Å². The summed E-state index contributed by atoms with van der Waals surface area (Å²) in [5, 5.41) is 0. The van der Waals surface area contributed by atoms with E-state index in [4.69, 9.17) is 9.47 Å². The van der Waals surface area contributed by atoms with Crippen LogP contribution in [-0.2, 0) is 4.74 Å². The summed E-state index contributed by atoms with van der Waals surface area (Å²) in [6.07, 6.45) is 0.879. The molecule has 100 valence electrons. The van der Waals surface area contributed by atoms with Crippen LogP contribution in [0.2, 0.25) is 0 Å². The van der Waals surface area contributed by atoms with Gasteiger partial charge in [-0.25, -0.2) is 4.79 Å². The monoisotopic (exact) mass is 314 g/mol. The first-order chi connectivity index (χ1) is 8.54. The predicted molar refractivity (Wildman–Crippen MR) is 75.0 cm³/mol. The van der Waals surface area contributed by atoms with Gasteiger partial charge in [-0.15, -0.1) is 0 Å². The minimum atomic E-state index is -0.292. The van der Waals surface area contributed by atoms with Crippen molar-refractivity contribution in [2.75, 3.05) is 13.2 Å². The summed E-state index contributed by atoms with van der Waals surface area (Å²) < 4.78 is 11.3. The number of halogens is 1. The van der Waals surface area contributed by atoms with Crippen molar-refractivity contribution in [2.24, 2.45) is 5.92 Å². The van der Waals surface area contributed by atoms with Gasteiger partial charge in [-0.2, -0.15) is 0 Å². The minimum absolute atomic E-state index is 0.292. The van der Waals surface area contributed by atoms with Crippen molar-refractivity contribution in [3.8, 4) is 5.75 Å². The maximum Gasteiger partial charge on any atom is 0.338 e. The van der Waals surface area contributed by atoms with E-state index >= 15 is 0 Å². The smallest absolute Gasteiger partial charge is 0.338 e. The average Bonchev–Trinajstić information content (AvgIpc) is 2.31. The third kappa shape index (κ3) is 4.69. The summed E-state index contributed by atoms with van der Waals surface area (Å²) in [6, 6.07) is 5.21. The van der Waals surface area contributed by atoms with E-state index in [1.165, 1.54) is 0 Å². The normalized spacial score (nSPS) is 10.5. The molecule has 0 bridgehead atoms. The molecule has 0 spiro atoms. The van der Waals surface area contributed by atoms with E-state index in [9.17, 15) is 4.79 Å². The van der Waals surface area contributed by atoms with Crippen molar-refractivity contribution >= 4 is 21.9 Å². The molecule has 0 fully saturated rings. The van der Waals surface area contributed by atoms with Crippen LogP contribution in [0.5, 0.6) is 5.75 Å². The van der Waals surface area contributed by atoms with Crippen molar-refractivity contribution < 1.29 is 14.3 Å². The molecular weight excluding hydrogens is 296 g/mol. The highest BCUT2D eigenvalue weighted by atomic mass is 79.9. The van der Waals surface area contributed by atoms with Crippen LogP contribution in [0.4, 0.5) is 0 Å². The molecule has 4 heteroatoms. The van der Waals surface area contributed by atoms with Gasteiger partial charge in [0.15, 0.2) is 0 Å². The van der Waals surface area contributed by atoms with Crippen LogP contribution in [-0.4, -0.2) is 19.2 Å². The Balaban J connectivity index is 2.61. The maximum atomic E-state index is 11.8. The summed E-state index contributed by atoms with van der Waals surface area (Å²) in [4.78, 5) is 11.8. The Morgan fingerprint density at radius 1 is 1.39 bits per heavy atom. The molecule has 0 amide bonds. The fourth-order valence-corrected chi connectivity index (χ4v) is 1.86. The third-order valence-electron chi connectivity index (χ3n) is 2.40. The van der Waals surface area contributed by atoms with Crippen LogP contribution >= 0.6 is 15.9 Å². The Hall–Kier alpha value is -1.03. The van der Waals surface area contributed by atoms with Gasteiger partial charge in [-0.05, 0) is 53.4 Å². The zero-order valence-electron chi connectivity index (χ0n) is 11.0. The summed E-state index contributed by atoms with van der Waals surface area (Å²) in [5.74, 6) is 0.973. The summed E-state index contributed by atoms with van der Waals surface area (Å²) in [6.45, 7) is 7.17. The van der Waals surface area contributed by atoms with Gasteiger partial charge in [0.2, 0.25) is 0 Å². The molecule has 0 radical (unpaired) electrons. The second-order valence-electron chi connectivity index (χ2n) is 4.40. The molecule has 1 aromatic carbocycles. The van der Waals surface area contributed by atoms with Crippen LogP contribution < -0.4 is 4.74 Å². The fraction of sp³-hybridized carbons (Fsp3) is 0.500. The van der Waals surface area contributed by atoms with Gasteiger partial charge in [0.25, 0.3) is 0 Å². The topological polar surface area (TPSA) is 35.5 Å². The van der Waals surface area contributed by atoms with Gasteiger partial charge in [-0.1, -0.05) is 13.8 Å². The van der Waals surface area contributed by atoms with E-state index in [1.807, 2.05) is 6.92 Å². The number of carbonyl (C=O) groups excluding carboxylic acids is 1. The molecule has 0 saturated carbocycles. The van der Waals surface area contributed by atoms with Gasteiger partial charge < -0.3 is 9.47 Å². The first kappa shape index (κ1) is 15.0. The standard InChI is InChI=1S/C14H19BrO3/c1-4-17-13-6-5-11(9-12(13)15)14(16)18-8-7-10(2)3/h5-6,9-10H,4,7-8H2,1-3H3. The fourth-order valence-electron chi connectivity index (χ4n) is 1.37. The first-order valence-corrected chi connectivity index (χ1v) is 6.93. The number of rotatable bonds is 6. The molecule has 1 rings (SSSR count). The van der Waals surface area contributed by atoms with Gasteiger partial charge in [0.05, 0.1) is 23.2 Å². The van der Waals surface area contributed by atoms with Crippen LogP contribution in [0.25, 0.3) is 0 Å². The lowest BCUT2D eigenvalue weighted by Crippen LogP contribution is -2.08.